The molecule has 0 radical (unpaired) electrons. The molecule has 1 aromatic heterocycles. The van der Waals surface area contributed by atoms with Crippen molar-refractivity contribution in [3.63, 3.8) is 0 Å². The van der Waals surface area contributed by atoms with Crippen molar-refractivity contribution < 1.29 is 39.8 Å². The smallest absolute Gasteiger partial charge is 0.164 e. The molecule has 1 aliphatic rings. The molecular formula is C52H60N2O8. The summed E-state index contributed by atoms with van der Waals surface area (Å²) in [6.45, 7) is 1.94. The van der Waals surface area contributed by atoms with Crippen molar-refractivity contribution in [1.82, 2.24) is 10.3 Å². The number of phenolic OH excluding ortho intramolecular Hbond substituents is 3. The SMILES string of the molecule is CCc1ccc2ccccc2c1Cc1c(C[C@H](Cc2cc[nH]c2)[C@H](O)CC(=O)[C@](CO)(Cc2ccc(O)c(OC3CCCC3)c2)c2cc(O)cc(CNC)c2)ccc(O)c1OC. The Labute approximate surface area is 364 Å². The van der Waals surface area contributed by atoms with Crippen molar-refractivity contribution in [3.05, 3.63) is 148 Å². The number of fused-ring (bicyclic) bond motifs is 1. The average Bonchev–Trinajstić information content (AvgIpc) is 3.99. The lowest BCUT2D eigenvalue weighted by atomic mass is 9.70. The standard InChI is InChI=1S/C52H60N2O8/c1-4-36-14-15-37-9-5-8-12-43(37)44(36)27-45-38(16-18-47(58)51(45)61-3)25-39(21-34-19-20-54-31-34)48(59)28-50(60)52(32-55,40-22-35(30-53-2)23-41(56)26-40)29-33-13-17-46(57)49(24-33)62-42-10-6-7-11-42/h5,8-9,12-20,22-24,26,31,39,42,48,53-59H,4,6-7,10-11,21,25,27-30,32H2,1-3H3/t39-,48+,52-/m0/s1. The summed E-state index contributed by atoms with van der Waals surface area (Å²) < 4.78 is 12.1. The van der Waals surface area contributed by atoms with Gasteiger partial charge in [0.25, 0.3) is 0 Å². The fourth-order valence-corrected chi connectivity index (χ4v) is 9.48. The van der Waals surface area contributed by atoms with E-state index >= 15 is 4.79 Å². The first-order valence-corrected chi connectivity index (χ1v) is 21.8. The molecule has 0 amide bonds. The molecule has 1 aliphatic carbocycles. The number of hydrogen-bond acceptors (Lipinski definition) is 9. The van der Waals surface area contributed by atoms with Crippen LogP contribution in [-0.2, 0) is 48.9 Å². The third kappa shape index (κ3) is 9.78. The maximum Gasteiger partial charge on any atom is 0.164 e. The molecule has 3 atom stereocenters. The summed E-state index contributed by atoms with van der Waals surface area (Å²) in [5.74, 6) is -0.227. The van der Waals surface area contributed by atoms with E-state index in [1.165, 1.54) is 11.6 Å². The highest BCUT2D eigenvalue weighted by atomic mass is 16.5. The number of nitrogens with one attached hydrogen (secondary N) is 2. The number of ketones is 1. The molecule has 326 valence electrons. The summed E-state index contributed by atoms with van der Waals surface area (Å²) in [6, 6.07) is 27.9. The normalized spacial score (nSPS) is 15.0. The number of aromatic nitrogens is 1. The van der Waals surface area contributed by atoms with Crippen LogP contribution in [0.3, 0.4) is 0 Å². The van der Waals surface area contributed by atoms with Gasteiger partial charge in [-0.1, -0.05) is 61.5 Å². The topological polar surface area (TPSA) is 164 Å². The zero-order valence-corrected chi connectivity index (χ0v) is 36.0. The molecule has 6 aromatic rings. The van der Waals surface area contributed by atoms with E-state index in [2.05, 4.69) is 41.5 Å². The minimum absolute atomic E-state index is 0.00476. The largest absolute Gasteiger partial charge is 0.508 e. The number of aryl methyl sites for hydroxylation is 1. The van der Waals surface area contributed by atoms with Gasteiger partial charge < -0.3 is 45.3 Å². The molecule has 7 N–H and O–H groups in total. The van der Waals surface area contributed by atoms with Crippen LogP contribution >= 0.6 is 0 Å². The third-order valence-corrected chi connectivity index (χ3v) is 12.8. The van der Waals surface area contributed by atoms with Gasteiger partial charge in [-0.15, -0.1) is 0 Å². The minimum Gasteiger partial charge on any atom is -0.508 e. The lowest BCUT2D eigenvalue weighted by Crippen LogP contribution is -2.44. The monoisotopic (exact) mass is 840 g/mol. The first-order valence-electron chi connectivity index (χ1n) is 21.8. The van der Waals surface area contributed by atoms with Gasteiger partial charge in [0.2, 0.25) is 0 Å². The van der Waals surface area contributed by atoms with Crippen LogP contribution in [0.4, 0.5) is 0 Å². The van der Waals surface area contributed by atoms with E-state index in [0.717, 1.165) is 70.7 Å². The number of methoxy groups -OCH3 is 1. The van der Waals surface area contributed by atoms with Crippen LogP contribution < -0.4 is 14.8 Å². The highest BCUT2D eigenvalue weighted by Gasteiger charge is 2.42. The summed E-state index contributed by atoms with van der Waals surface area (Å²) in [5.41, 5.74) is 5.16. The van der Waals surface area contributed by atoms with Crippen molar-refractivity contribution in [3.8, 4) is 28.7 Å². The summed E-state index contributed by atoms with van der Waals surface area (Å²) >= 11 is 0. The number of phenols is 3. The van der Waals surface area contributed by atoms with Gasteiger partial charge in [-0.3, -0.25) is 4.79 Å². The number of aromatic hydroxyl groups is 3. The Morgan fingerprint density at radius 3 is 2.37 bits per heavy atom. The molecule has 0 bridgehead atoms. The molecule has 5 aromatic carbocycles. The summed E-state index contributed by atoms with van der Waals surface area (Å²) in [6.07, 6.45) is 8.20. The van der Waals surface area contributed by atoms with Crippen LogP contribution in [0.1, 0.15) is 83.5 Å². The van der Waals surface area contributed by atoms with Crippen LogP contribution in [0.2, 0.25) is 0 Å². The predicted molar refractivity (Wildman–Crippen MR) is 242 cm³/mol. The Morgan fingerprint density at radius 2 is 1.65 bits per heavy atom. The van der Waals surface area contributed by atoms with Crippen LogP contribution in [0, 0.1) is 5.92 Å². The van der Waals surface area contributed by atoms with Crippen molar-refractivity contribution in [2.24, 2.45) is 5.92 Å². The number of rotatable bonds is 20. The second kappa shape index (κ2) is 19.9. The number of ether oxygens (including phenoxy) is 2. The number of Topliss-reactive ketones (excluding diaryl/α,β-unsaturated/α-hetero) is 1. The van der Waals surface area contributed by atoms with Gasteiger partial charge in [0.15, 0.2) is 23.0 Å². The van der Waals surface area contributed by atoms with E-state index in [4.69, 9.17) is 9.47 Å². The lowest BCUT2D eigenvalue weighted by Gasteiger charge is -2.34. The Kier molecular flexibility index (Phi) is 14.2. The Morgan fingerprint density at radius 1 is 0.871 bits per heavy atom. The molecule has 62 heavy (non-hydrogen) atoms. The van der Waals surface area contributed by atoms with Gasteiger partial charge in [0.05, 0.1) is 31.3 Å². The number of aromatic amines is 1. The van der Waals surface area contributed by atoms with E-state index in [1.54, 1.807) is 44.5 Å². The van der Waals surface area contributed by atoms with Crippen molar-refractivity contribution in [1.29, 1.82) is 0 Å². The fourth-order valence-electron chi connectivity index (χ4n) is 9.48. The molecule has 0 saturated heterocycles. The van der Waals surface area contributed by atoms with Crippen LogP contribution in [0.5, 0.6) is 28.7 Å². The highest BCUT2D eigenvalue weighted by Crippen LogP contribution is 2.41. The molecule has 1 saturated carbocycles. The summed E-state index contributed by atoms with van der Waals surface area (Å²) in [7, 11) is 3.34. The zero-order chi connectivity index (χ0) is 43.8. The maximum absolute atomic E-state index is 15.2. The molecular weight excluding hydrogens is 781 g/mol. The minimum atomic E-state index is -1.58. The number of benzene rings is 5. The highest BCUT2D eigenvalue weighted by molar-refractivity contribution is 5.91. The average molecular weight is 841 g/mol. The molecule has 1 fully saturated rings. The Hall–Kier alpha value is -5.81. The second-order valence-corrected chi connectivity index (χ2v) is 17.0. The number of carbonyl (C=O) groups is 1. The number of hydrogen-bond donors (Lipinski definition) is 7. The molecule has 10 nitrogen and oxygen atoms in total. The van der Waals surface area contributed by atoms with E-state index < -0.39 is 29.8 Å². The van der Waals surface area contributed by atoms with Crippen LogP contribution in [-0.4, -0.2) is 69.3 Å². The molecule has 0 spiro atoms. The van der Waals surface area contributed by atoms with Crippen molar-refractivity contribution >= 4 is 16.6 Å². The van der Waals surface area contributed by atoms with E-state index in [9.17, 15) is 25.5 Å². The quantitative estimate of drug-likeness (QED) is 0.0400. The molecule has 0 unspecified atom stereocenters. The number of carbonyl (C=O) groups excluding carboxylic acids is 1. The Bertz CT molecular complexity index is 2460. The molecule has 7 rings (SSSR count). The third-order valence-electron chi connectivity index (χ3n) is 12.8. The van der Waals surface area contributed by atoms with Gasteiger partial charge in [-0.05, 0) is 150 Å². The van der Waals surface area contributed by atoms with E-state index in [0.29, 0.717) is 48.4 Å². The zero-order valence-electron chi connectivity index (χ0n) is 36.0. The van der Waals surface area contributed by atoms with Crippen LogP contribution in [0.25, 0.3) is 10.8 Å². The molecule has 1 heterocycles. The summed E-state index contributed by atoms with van der Waals surface area (Å²) in [4.78, 5) is 18.3. The van der Waals surface area contributed by atoms with Gasteiger partial charge >= 0.3 is 0 Å². The fraction of sp³-hybridized carbons (Fsp3) is 0.365. The number of aliphatic hydroxyl groups is 2. The van der Waals surface area contributed by atoms with E-state index in [1.807, 2.05) is 42.7 Å². The van der Waals surface area contributed by atoms with Gasteiger partial charge in [-0.2, -0.15) is 0 Å². The molecule has 0 aliphatic heterocycles. The van der Waals surface area contributed by atoms with Gasteiger partial charge in [-0.25, -0.2) is 0 Å². The number of H-pyrrole nitrogens is 1. The predicted octanol–water partition coefficient (Wildman–Crippen LogP) is 8.38. The molecule has 10 heteroatoms. The van der Waals surface area contributed by atoms with Crippen LogP contribution in [0.15, 0.2) is 103 Å². The number of aliphatic hydroxyl groups excluding tert-OH is 2. The van der Waals surface area contributed by atoms with Gasteiger partial charge in [0, 0.05) is 37.3 Å². The van der Waals surface area contributed by atoms with E-state index in [-0.39, 0.29) is 36.2 Å². The van der Waals surface area contributed by atoms with Gasteiger partial charge in [0.1, 0.15) is 11.5 Å². The maximum atomic E-state index is 15.2. The first-order chi connectivity index (χ1) is 30.0. The lowest BCUT2D eigenvalue weighted by molar-refractivity contribution is -0.129. The summed E-state index contributed by atoms with van der Waals surface area (Å²) in [5, 5.41) is 62.1. The first kappa shape index (κ1) is 44.3. The van der Waals surface area contributed by atoms with Crippen molar-refractivity contribution in [2.75, 3.05) is 20.8 Å². The second-order valence-electron chi connectivity index (χ2n) is 17.0. The van der Waals surface area contributed by atoms with Crippen molar-refractivity contribution in [2.45, 2.75) is 95.3 Å². The Balaban J connectivity index is 1.26.